The van der Waals surface area contributed by atoms with Crippen molar-refractivity contribution in [1.82, 2.24) is 34.9 Å². The zero-order chi connectivity index (χ0) is 27.0. The van der Waals surface area contributed by atoms with Gasteiger partial charge in [0, 0.05) is 50.0 Å². The Bertz CT molecular complexity index is 1420. The fourth-order valence-corrected chi connectivity index (χ4v) is 4.19. The summed E-state index contributed by atoms with van der Waals surface area (Å²) in [6.07, 6.45) is 8.70. The molecule has 200 valence electrons. The predicted molar refractivity (Wildman–Crippen MR) is 150 cm³/mol. The van der Waals surface area contributed by atoms with Gasteiger partial charge in [-0.15, -0.1) is 6.58 Å². The third-order valence-corrected chi connectivity index (χ3v) is 6.23. The van der Waals surface area contributed by atoms with Crippen LogP contribution in [0.15, 0.2) is 79.8 Å². The number of ether oxygens (including phenoxy) is 1. The van der Waals surface area contributed by atoms with E-state index in [9.17, 15) is 4.79 Å². The van der Waals surface area contributed by atoms with Crippen LogP contribution in [0.1, 0.15) is 23.2 Å². The monoisotopic (exact) mass is 525 g/mol. The Morgan fingerprint density at radius 2 is 1.97 bits per heavy atom. The molecule has 1 aliphatic heterocycles. The number of hydrogen-bond acceptors (Lipinski definition) is 9. The highest BCUT2D eigenvalue weighted by molar-refractivity contribution is 5.99. The van der Waals surface area contributed by atoms with E-state index in [2.05, 4.69) is 54.5 Å². The Balaban J connectivity index is 1.37. The van der Waals surface area contributed by atoms with Crippen molar-refractivity contribution < 1.29 is 9.53 Å². The van der Waals surface area contributed by atoms with Crippen molar-refractivity contribution in [1.29, 1.82) is 0 Å². The maximum Gasteiger partial charge on any atom is 0.256 e. The third-order valence-electron chi connectivity index (χ3n) is 6.23. The number of pyridine rings is 1. The van der Waals surface area contributed by atoms with E-state index in [0.717, 1.165) is 37.3 Å². The van der Waals surface area contributed by atoms with Crippen molar-refractivity contribution >= 4 is 29.2 Å². The number of nitrogens with zero attached hydrogens (tertiary/aromatic N) is 6. The number of nitrogens with one attached hydrogen (secondary N) is 3. The van der Waals surface area contributed by atoms with Crippen LogP contribution in [0.4, 0.5) is 23.3 Å². The number of carbonyl (C=O) groups is 1. The zero-order valence-corrected chi connectivity index (χ0v) is 21.7. The van der Waals surface area contributed by atoms with E-state index in [1.54, 1.807) is 23.0 Å². The standard InChI is InChI=1S/C28H31N9O2/c1-3-13-29-27(38)23-19-30-28(32-20-7-4-8-21(18-20)37-15-6-14-31-37)35-26(23)34-24-9-5-10-25(33-24)39-22-11-16-36(2)17-12-22/h3-10,14-15,18-19,22H,1,11-13,16-17H2,2H3,(H,29,38)(H2,30,32,33,34,35). The SMILES string of the molecule is C=CCNC(=O)c1cnc(Nc2cccc(-n3cccn3)c2)nc1Nc1cccc(OC2CCN(C)CC2)n1. The molecule has 1 amide bonds. The molecule has 4 aromatic rings. The molecule has 0 spiro atoms. The quantitative estimate of drug-likeness (QED) is 0.264. The van der Waals surface area contributed by atoms with E-state index >= 15 is 0 Å². The summed E-state index contributed by atoms with van der Waals surface area (Å²) in [5.41, 5.74) is 1.93. The fraction of sp³-hybridized carbons (Fsp3) is 0.250. The first-order chi connectivity index (χ1) is 19.1. The number of benzene rings is 1. The number of amides is 1. The molecule has 0 radical (unpaired) electrons. The van der Waals surface area contributed by atoms with Gasteiger partial charge in [-0.05, 0) is 50.2 Å². The minimum atomic E-state index is -0.330. The Hall–Kier alpha value is -4.77. The van der Waals surface area contributed by atoms with Crippen molar-refractivity contribution in [3.63, 3.8) is 0 Å². The lowest BCUT2D eigenvalue weighted by atomic mass is 10.1. The minimum absolute atomic E-state index is 0.122. The fourth-order valence-electron chi connectivity index (χ4n) is 4.19. The molecule has 5 rings (SSSR count). The average molecular weight is 526 g/mol. The van der Waals surface area contributed by atoms with Crippen molar-refractivity contribution in [3.8, 4) is 11.6 Å². The van der Waals surface area contributed by atoms with Crippen LogP contribution < -0.4 is 20.7 Å². The van der Waals surface area contributed by atoms with Gasteiger partial charge in [0.05, 0.1) is 5.69 Å². The molecule has 11 nitrogen and oxygen atoms in total. The third kappa shape index (κ3) is 6.76. The lowest BCUT2D eigenvalue weighted by molar-refractivity contribution is 0.0958. The molecule has 39 heavy (non-hydrogen) atoms. The van der Waals surface area contributed by atoms with Gasteiger partial charge in [-0.3, -0.25) is 4.79 Å². The predicted octanol–water partition coefficient (Wildman–Crippen LogP) is 3.93. The van der Waals surface area contributed by atoms with Gasteiger partial charge in [-0.25, -0.2) is 9.67 Å². The summed E-state index contributed by atoms with van der Waals surface area (Å²) < 4.78 is 7.90. The van der Waals surface area contributed by atoms with Gasteiger partial charge in [-0.1, -0.05) is 18.2 Å². The molecule has 1 saturated heterocycles. The lowest BCUT2D eigenvalue weighted by Crippen LogP contribution is -2.35. The highest BCUT2D eigenvalue weighted by Crippen LogP contribution is 2.24. The first-order valence-electron chi connectivity index (χ1n) is 12.8. The van der Waals surface area contributed by atoms with Crippen molar-refractivity contribution in [2.24, 2.45) is 0 Å². The first kappa shape index (κ1) is 25.9. The van der Waals surface area contributed by atoms with Crippen LogP contribution in [0.25, 0.3) is 5.69 Å². The molecule has 0 atom stereocenters. The Labute approximate surface area is 227 Å². The van der Waals surface area contributed by atoms with E-state index in [4.69, 9.17) is 4.74 Å². The number of hydrogen-bond donors (Lipinski definition) is 3. The topological polar surface area (TPSA) is 122 Å². The second-order valence-electron chi connectivity index (χ2n) is 9.19. The van der Waals surface area contributed by atoms with E-state index in [-0.39, 0.29) is 17.6 Å². The van der Waals surface area contributed by atoms with Crippen LogP contribution in [-0.4, -0.2) is 68.3 Å². The maximum atomic E-state index is 12.9. The summed E-state index contributed by atoms with van der Waals surface area (Å²) in [5.74, 6) is 1.32. The number of likely N-dealkylation sites (tertiary alicyclic amines) is 1. The molecule has 1 aromatic carbocycles. The molecule has 0 aliphatic carbocycles. The molecule has 0 saturated carbocycles. The van der Waals surface area contributed by atoms with Crippen molar-refractivity contribution in [2.45, 2.75) is 18.9 Å². The van der Waals surface area contributed by atoms with E-state index in [1.807, 2.05) is 48.7 Å². The van der Waals surface area contributed by atoms with Crippen LogP contribution in [0.3, 0.4) is 0 Å². The molecule has 0 unspecified atom stereocenters. The van der Waals surface area contributed by atoms with E-state index in [1.165, 1.54) is 6.20 Å². The molecular weight excluding hydrogens is 494 g/mol. The van der Waals surface area contributed by atoms with Gasteiger partial charge in [0.2, 0.25) is 11.8 Å². The van der Waals surface area contributed by atoms with Crippen LogP contribution in [0.2, 0.25) is 0 Å². The Kier molecular flexibility index (Phi) is 8.08. The molecule has 3 aromatic heterocycles. The van der Waals surface area contributed by atoms with Crippen LogP contribution in [0.5, 0.6) is 5.88 Å². The summed E-state index contributed by atoms with van der Waals surface area (Å²) in [6.45, 7) is 5.96. The number of aromatic nitrogens is 5. The second kappa shape index (κ2) is 12.2. The van der Waals surface area contributed by atoms with Gasteiger partial charge < -0.3 is 25.6 Å². The summed E-state index contributed by atoms with van der Waals surface area (Å²) in [5, 5.41) is 13.4. The molecular formula is C28H31N9O2. The number of piperidine rings is 1. The van der Waals surface area contributed by atoms with Gasteiger partial charge in [-0.2, -0.15) is 15.1 Å². The zero-order valence-electron chi connectivity index (χ0n) is 21.7. The van der Waals surface area contributed by atoms with Crippen molar-refractivity contribution in [2.75, 3.05) is 37.3 Å². The number of rotatable bonds is 10. The first-order valence-corrected chi connectivity index (χ1v) is 12.8. The summed E-state index contributed by atoms with van der Waals surface area (Å²) >= 11 is 0. The molecule has 0 bridgehead atoms. The Morgan fingerprint density at radius 3 is 2.77 bits per heavy atom. The highest BCUT2D eigenvalue weighted by atomic mass is 16.5. The van der Waals surface area contributed by atoms with Crippen LogP contribution in [-0.2, 0) is 0 Å². The van der Waals surface area contributed by atoms with Gasteiger partial charge in [0.15, 0.2) is 0 Å². The number of anilines is 4. The molecule has 1 fully saturated rings. The summed E-state index contributed by atoms with van der Waals surface area (Å²) in [6, 6.07) is 15.0. The minimum Gasteiger partial charge on any atom is -0.474 e. The smallest absolute Gasteiger partial charge is 0.256 e. The molecule has 3 N–H and O–H groups in total. The average Bonchev–Trinajstić information content (AvgIpc) is 3.49. The Morgan fingerprint density at radius 1 is 1.13 bits per heavy atom. The maximum absolute atomic E-state index is 12.9. The molecule has 4 heterocycles. The largest absolute Gasteiger partial charge is 0.474 e. The molecule has 11 heteroatoms. The van der Waals surface area contributed by atoms with Crippen LogP contribution >= 0.6 is 0 Å². The van der Waals surface area contributed by atoms with Gasteiger partial charge >= 0.3 is 0 Å². The van der Waals surface area contributed by atoms with Crippen molar-refractivity contribution in [3.05, 3.63) is 85.3 Å². The van der Waals surface area contributed by atoms with Gasteiger partial charge in [0.25, 0.3) is 5.91 Å². The van der Waals surface area contributed by atoms with E-state index in [0.29, 0.717) is 30.0 Å². The van der Waals surface area contributed by atoms with Crippen LogP contribution in [0, 0.1) is 0 Å². The lowest BCUT2D eigenvalue weighted by Gasteiger charge is -2.29. The van der Waals surface area contributed by atoms with E-state index < -0.39 is 0 Å². The normalized spacial score (nSPS) is 14.0. The molecule has 1 aliphatic rings. The summed E-state index contributed by atoms with van der Waals surface area (Å²) in [7, 11) is 2.11. The second-order valence-corrected chi connectivity index (χ2v) is 9.19. The summed E-state index contributed by atoms with van der Waals surface area (Å²) in [4.78, 5) is 28.7. The number of carbonyl (C=O) groups excluding carboxylic acids is 1. The van der Waals surface area contributed by atoms with Gasteiger partial charge in [0.1, 0.15) is 23.3 Å². The highest BCUT2D eigenvalue weighted by Gasteiger charge is 2.19.